The van der Waals surface area contributed by atoms with Crippen LogP contribution in [0.3, 0.4) is 0 Å². The molecule has 16 heteroatoms. The number of thiophene rings is 1. The molecule has 0 amide bonds. The maximum absolute atomic E-state index is 10.5. The number of methoxy groups -OCH3 is 1. The first kappa shape index (κ1) is 115. The van der Waals surface area contributed by atoms with Crippen LogP contribution in [0.2, 0.25) is 5.02 Å². The highest BCUT2D eigenvalue weighted by Gasteiger charge is 2.21. The van der Waals surface area contributed by atoms with Crippen molar-refractivity contribution in [2.75, 3.05) is 7.11 Å². The van der Waals surface area contributed by atoms with E-state index in [2.05, 4.69) is 226 Å². The Kier molecular flexibility index (Phi) is 42.6. The first-order valence-electron chi connectivity index (χ1n) is 53.2. The Balaban J connectivity index is 0.000000158. The minimum Gasteiger partial charge on any atom is -0.508 e. The van der Waals surface area contributed by atoms with Crippen LogP contribution in [0, 0.1) is 0 Å². The number of halogens is 1. The fraction of sp³-hybridized carbons (Fsp3) is 0.308. The van der Waals surface area contributed by atoms with Gasteiger partial charge >= 0.3 is 0 Å². The van der Waals surface area contributed by atoms with Crippen LogP contribution in [0.5, 0.6) is 63.2 Å². The number of benzene rings is 16. The van der Waals surface area contributed by atoms with Crippen molar-refractivity contribution in [3.8, 4) is 63.2 Å². The maximum atomic E-state index is 10.5. The molecule has 0 radical (unpaired) electrons. The number of fused-ring (bicyclic) bond motifs is 13. The van der Waals surface area contributed by atoms with Crippen molar-refractivity contribution in [2.24, 2.45) is 0 Å². The van der Waals surface area contributed by atoms with Gasteiger partial charge in [-0.2, -0.15) is 0 Å². The largest absolute Gasteiger partial charge is 0.508 e. The Bertz CT molecular complexity index is 7540. The highest BCUT2D eigenvalue weighted by atomic mass is 35.5. The summed E-state index contributed by atoms with van der Waals surface area (Å²) in [4.78, 5) is 0. The van der Waals surface area contributed by atoms with Crippen LogP contribution < -0.4 is 4.74 Å². The Labute approximate surface area is 890 Å². The van der Waals surface area contributed by atoms with Crippen molar-refractivity contribution in [1.82, 2.24) is 9.13 Å². The number of phenolic OH excluding ortho intramolecular Hbond substituents is 10. The van der Waals surface area contributed by atoms with Crippen LogP contribution in [-0.4, -0.2) is 67.3 Å². The normalized spacial score (nSPS) is 13.0. The Morgan fingerprint density at radius 1 is 0.275 bits per heavy atom. The average Bonchev–Trinajstić information content (AvgIpc) is 1.66. The van der Waals surface area contributed by atoms with Crippen LogP contribution in [0.25, 0.3) is 107 Å². The number of hydrogen-bond acceptors (Lipinski definition) is 13. The number of para-hydroxylation sites is 1. The molecular weight excluding hydrogens is 1880 g/mol. The number of nitrogens with zero attached hydrogens (tertiary/aromatic N) is 2. The van der Waals surface area contributed by atoms with E-state index >= 15 is 0 Å². The summed E-state index contributed by atoms with van der Waals surface area (Å²) in [5.74, 6) is 8.02. The van der Waals surface area contributed by atoms with E-state index in [4.69, 9.17) is 36.1 Å². The van der Waals surface area contributed by atoms with Gasteiger partial charge in [0.1, 0.15) is 62.9 Å². The van der Waals surface area contributed by atoms with E-state index in [1.54, 1.807) is 85.2 Å². The summed E-state index contributed by atoms with van der Waals surface area (Å²) in [7, 11) is 1.56. The van der Waals surface area contributed by atoms with Gasteiger partial charge in [-0.15, -0.1) is 11.3 Å². The summed E-state index contributed by atoms with van der Waals surface area (Å²) in [6.45, 7) is 43.8. The predicted octanol–water partition coefficient (Wildman–Crippen LogP) is 39.4. The molecule has 782 valence electrons. The van der Waals surface area contributed by atoms with Gasteiger partial charge in [0.25, 0.3) is 0 Å². The second kappa shape index (κ2) is 55.1. The highest BCUT2D eigenvalue weighted by molar-refractivity contribution is 7.25. The van der Waals surface area contributed by atoms with Crippen molar-refractivity contribution in [2.45, 2.75) is 262 Å². The Morgan fingerprint density at radius 3 is 1.23 bits per heavy atom. The first-order chi connectivity index (χ1) is 71.6. The summed E-state index contributed by atoms with van der Waals surface area (Å²) in [6.07, 6.45) is 13.1. The number of aromatic nitrogens is 2. The van der Waals surface area contributed by atoms with Crippen molar-refractivity contribution in [1.29, 1.82) is 0 Å². The number of furan rings is 1. The topological polar surface area (TPSA) is 235 Å². The zero-order chi connectivity index (χ0) is 108. The summed E-state index contributed by atoms with van der Waals surface area (Å²) in [5, 5.41) is 110. The van der Waals surface area contributed by atoms with Crippen molar-refractivity contribution < 1.29 is 60.2 Å². The maximum Gasteiger partial charge on any atom is 0.160 e. The molecule has 0 fully saturated rings. The number of phenols is 10. The van der Waals surface area contributed by atoms with Gasteiger partial charge < -0.3 is 69.4 Å². The lowest BCUT2D eigenvalue weighted by atomic mass is 9.87. The summed E-state index contributed by atoms with van der Waals surface area (Å²) in [6, 6.07) is 101. The molecule has 10 N–H and O–H groups in total. The summed E-state index contributed by atoms with van der Waals surface area (Å²) < 4.78 is 17.8. The number of aromatic hydroxyl groups is 10. The van der Waals surface area contributed by atoms with Crippen molar-refractivity contribution >= 4 is 130 Å². The molecule has 20 aromatic rings. The molecule has 149 heavy (non-hydrogen) atoms. The minimum atomic E-state index is 0.156. The van der Waals surface area contributed by atoms with E-state index in [9.17, 15) is 35.7 Å². The van der Waals surface area contributed by atoms with E-state index in [-0.39, 0.29) is 17.2 Å². The molecule has 0 spiro atoms. The fourth-order valence-corrected chi connectivity index (χ4v) is 19.7. The SMILES string of the molecule is CCC(C)c1c2ccccc2c(O)c2ccccc12.CCC(C)c1ccc(O)c(Cl)c1.CCC(C)c1ccc(O)c(OC)c1.CCC(C)c1ccc(O)c2ccccc12.CCC(C)c1ccc(O)cc1.CCC(C)c1ccc2c(c1)oc1cc(O)ccc12.CCC(C)c1ccc2c(c1)sc1cc(O)ccc12.CCC(C)c1cccc(O)c1.CCC(C)n1c2ccccc2c2c(O)cccc21.CCC(C)n1ccc2c(O)cccc21. The van der Waals surface area contributed by atoms with Crippen LogP contribution >= 0.6 is 22.9 Å². The zero-order valence-corrected chi connectivity index (χ0v) is 92.4. The lowest BCUT2D eigenvalue weighted by Crippen LogP contribution is -2.02. The molecule has 10 unspecified atom stereocenters. The van der Waals surface area contributed by atoms with Gasteiger partial charge in [-0.25, -0.2) is 0 Å². The van der Waals surface area contributed by atoms with E-state index in [1.165, 1.54) is 81.7 Å². The molecule has 0 aliphatic heterocycles. The van der Waals surface area contributed by atoms with Gasteiger partial charge in [0, 0.05) is 93.1 Å². The van der Waals surface area contributed by atoms with Gasteiger partial charge in [-0.05, 0) is 320 Å². The monoisotopic (exact) mass is 2040 g/mol. The molecule has 4 heterocycles. The smallest absolute Gasteiger partial charge is 0.160 e. The van der Waals surface area contributed by atoms with Crippen molar-refractivity contribution in [3.05, 3.63) is 365 Å². The van der Waals surface area contributed by atoms with Gasteiger partial charge in [0.15, 0.2) is 11.5 Å². The second-order valence-corrected chi connectivity index (χ2v) is 40.9. The molecule has 0 saturated carbocycles. The van der Waals surface area contributed by atoms with Crippen LogP contribution in [0.15, 0.2) is 320 Å². The van der Waals surface area contributed by atoms with Crippen LogP contribution in [0.4, 0.5) is 0 Å². The third-order valence-corrected chi connectivity index (χ3v) is 31.1. The third kappa shape index (κ3) is 28.8. The predicted molar refractivity (Wildman–Crippen MR) is 633 cm³/mol. The molecule has 4 aromatic heterocycles. The summed E-state index contributed by atoms with van der Waals surface area (Å²) in [5.41, 5.74) is 15.3. The molecule has 0 aliphatic rings. The molecule has 16 aromatic carbocycles. The molecule has 0 aliphatic carbocycles. The summed E-state index contributed by atoms with van der Waals surface area (Å²) >= 11 is 7.52. The number of rotatable bonds is 21. The molecule has 0 bridgehead atoms. The minimum absolute atomic E-state index is 0.156. The second-order valence-electron chi connectivity index (χ2n) is 39.5. The zero-order valence-electron chi connectivity index (χ0n) is 90.8. The standard InChI is InChI=1S/C18H18O.C16H17NO.C16H16O2.C16H16OS.C14H16O.C12H15NO.C11H16O2.C10H13ClO.2C10H14O/c1-3-12(2)17-13-8-4-6-10-15(13)18(19)16-11-7-5-9-14(16)17;1-3-11(2)17-13-8-5-4-7-12(13)16-14(17)9-6-10-15(16)18;2*1-3-10(2)11-4-6-13-14-7-5-12(17)9-16(14)18-15(13)8-11;1-3-10(2)11-8-9-14(15)13-7-5-4-6-12(11)13;1-3-9(2)13-8-7-10-11(13)5-4-6-12(10)14;1-4-8(2)9-5-6-10(12)11(7-9)13-3;1-3-7(2)8-4-5-10(12)9(11)6-8;1-3-8(2)9-4-6-10(11)7-5-9;1-3-8(2)9-5-4-6-10(11)7-9/h4-12,19H,3H2,1-2H3;4-11,18H,3H2,1-2H3;2*4-10,17H,3H2,1-2H3;4-10,15H,3H2,1-2H3;4-9,14H,3H2,1-2H3;5-8,12H,4H2,1-3H3;4-7,12H,3H2,1-2H3;2*4-8,11H,3H2,1-2H3. The van der Waals surface area contributed by atoms with E-state index in [0.717, 1.165) is 134 Å². The Hall–Kier alpha value is -14.3. The third-order valence-electron chi connectivity index (χ3n) is 29.7. The lowest BCUT2D eigenvalue weighted by molar-refractivity contribution is 0.372. The molecule has 20 rings (SSSR count). The van der Waals surface area contributed by atoms with E-state index in [0.29, 0.717) is 110 Å². The van der Waals surface area contributed by atoms with E-state index in [1.807, 2.05) is 170 Å². The first-order valence-corrected chi connectivity index (χ1v) is 54.4. The molecular formula is C133H155ClN2O12S. The van der Waals surface area contributed by atoms with Crippen LogP contribution in [-0.2, 0) is 0 Å². The van der Waals surface area contributed by atoms with E-state index < -0.39 is 0 Å². The number of hydrogen-bond donors (Lipinski definition) is 10. The number of ether oxygens (including phenoxy) is 1. The molecule has 10 atom stereocenters. The van der Waals surface area contributed by atoms with Crippen LogP contribution in [0.1, 0.15) is 307 Å². The van der Waals surface area contributed by atoms with Gasteiger partial charge in [0.05, 0.1) is 23.2 Å². The Morgan fingerprint density at radius 2 is 0.678 bits per heavy atom. The highest BCUT2D eigenvalue weighted by Crippen LogP contribution is 2.45. The molecule has 0 saturated heterocycles. The average molecular weight is 2040 g/mol. The lowest BCUT2D eigenvalue weighted by Gasteiger charge is -2.17. The quantitative estimate of drug-likeness (QED) is 0.0303. The molecule has 14 nitrogen and oxygen atoms in total. The van der Waals surface area contributed by atoms with Gasteiger partial charge in [-0.3, -0.25) is 0 Å². The van der Waals surface area contributed by atoms with Crippen molar-refractivity contribution in [3.63, 3.8) is 0 Å². The fourth-order valence-electron chi connectivity index (χ4n) is 18.3. The van der Waals surface area contributed by atoms with Gasteiger partial charge in [0.2, 0.25) is 0 Å². The van der Waals surface area contributed by atoms with Gasteiger partial charge in [-0.1, -0.05) is 306 Å².